The molecule has 6 heteroatoms. The molecule has 3 aromatic carbocycles. The summed E-state index contributed by atoms with van der Waals surface area (Å²) in [5, 5.41) is 3.98. The van der Waals surface area contributed by atoms with Crippen LogP contribution in [-0.4, -0.2) is 34.6 Å². The predicted octanol–water partition coefficient (Wildman–Crippen LogP) is 6.91. The fourth-order valence-corrected chi connectivity index (χ4v) is 5.77. The molecular formula is C31H35ClN2O2S. The zero-order chi connectivity index (χ0) is 25.9. The zero-order valence-corrected chi connectivity index (χ0v) is 22.7. The minimum absolute atomic E-state index is 0.0167. The third-order valence-electron chi connectivity index (χ3n) is 6.79. The Kier molecular flexibility index (Phi) is 10.5. The lowest BCUT2D eigenvalue weighted by atomic mass is 10.0. The van der Waals surface area contributed by atoms with Gasteiger partial charge >= 0.3 is 0 Å². The van der Waals surface area contributed by atoms with Crippen LogP contribution in [0.15, 0.2) is 89.8 Å². The van der Waals surface area contributed by atoms with Crippen molar-refractivity contribution < 1.29 is 9.59 Å². The molecule has 3 aromatic rings. The van der Waals surface area contributed by atoms with E-state index in [9.17, 15) is 9.59 Å². The summed E-state index contributed by atoms with van der Waals surface area (Å²) in [7, 11) is 0. The van der Waals surface area contributed by atoms with Crippen LogP contribution >= 0.6 is 23.4 Å². The Morgan fingerprint density at radius 2 is 1.51 bits per heavy atom. The Bertz CT molecular complexity index is 1120. The topological polar surface area (TPSA) is 49.4 Å². The average molecular weight is 535 g/mol. The van der Waals surface area contributed by atoms with E-state index in [1.165, 1.54) is 0 Å². The molecule has 4 rings (SSSR count). The van der Waals surface area contributed by atoms with Crippen molar-refractivity contribution in [3.05, 3.63) is 101 Å². The quantitative estimate of drug-likeness (QED) is 0.203. The van der Waals surface area contributed by atoms with Crippen LogP contribution in [0.25, 0.3) is 0 Å². The van der Waals surface area contributed by atoms with Crippen LogP contribution in [-0.2, 0) is 22.6 Å². The predicted molar refractivity (Wildman–Crippen MR) is 153 cm³/mol. The highest BCUT2D eigenvalue weighted by Crippen LogP contribution is 2.23. The summed E-state index contributed by atoms with van der Waals surface area (Å²) in [6.45, 7) is 0.416. The van der Waals surface area contributed by atoms with Gasteiger partial charge in [-0.15, -0.1) is 11.8 Å². The fourth-order valence-electron chi connectivity index (χ4n) is 4.79. The second-order valence-electron chi connectivity index (χ2n) is 9.61. The summed E-state index contributed by atoms with van der Waals surface area (Å²) in [4.78, 5) is 30.3. The summed E-state index contributed by atoms with van der Waals surface area (Å²) >= 11 is 7.71. The highest BCUT2D eigenvalue weighted by atomic mass is 35.5. The molecule has 1 aliphatic carbocycles. The third kappa shape index (κ3) is 8.65. The standard InChI is InChI=1S/C31H35ClN2O2S/c32-26-17-19-28(20-18-26)37-21-9-16-30(35)34(23-25-12-5-2-6-13-25)29(22-24-10-3-1-4-11-24)31(36)33-27-14-7-8-15-27/h1-6,10-13,17-20,27,29H,7-9,14-16,21-23H2,(H,33,36)/t29-/m0/s1. The molecule has 1 N–H and O–H groups in total. The van der Waals surface area contributed by atoms with E-state index in [0.29, 0.717) is 19.4 Å². The summed E-state index contributed by atoms with van der Waals surface area (Å²) in [5.41, 5.74) is 2.08. The van der Waals surface area contributed by atoms with Crippen molar-refractivity contribution in [3.63, 3.8) is 0 Å². The van der Waals surface area contributed by atoms with Crippen molar-refractivity contribution in [3.8, 4) is 0 Å². The van der Waals surface area contributed by atoms with E-state index in [2.05, 4.69) is 5.32 Å². The number of rotatable bonds is 12. The van der Waals surface area contributed by atoms with Crippen molar-refractivity contribution >= 4 is 35.2 Å². The Hall–Kier alpha value is -2.76. The van der Waals surface area contributed by atoms with Crippen molar-refractivity contribution in [2.24, 2.45) is 0 Å². The SMILES string of the molecule is O=C(NC1CCCC1)[C@H](Cc1ccccc1)N(Cc1ccccc1)C(=O)CCCSc1ccc(Cl)cc1. The van der Waals surface area contributed by atoms with E-state index >= 15 is 0 Å². The van der Waals surface area contributed by atoms with Gasteiger partial charge in [0.25, 0.3) is 0 Å². The number of hydrogen-bond donors (Lipinski definition) is 1. The number of carbonyl (C=O) groups is 2. The smallest absolute Gasteiger partial charge is 0.243 e. The molecule has 1 saturated carbocycles. The Morgan fingerprint density at radius 3 is 2.16 bits per heavy atom. The van der Waals surface area contributed by atoms with E-state index in [4.69, 9.17) is 11.6 Å². The number of carbonyl (C=O) groups excluding carboxylic acids is 2. The van der Waals surface area contributed by atoms with Crippen molar-refractivity contribution in [2.45, 2.75) is 68.5 Å². The van der Waals surface area contributed by atoms with Crippen LogP contribution in [0.5, 0.6) is 0 Å². The van der Waals surface area contributed by atoms with Gasteiger partial charge in [-0.25, -0.2) is 0 Å². The summed E-state index contributed by atoms with van der Waals surface area (Å²) in [6.07, 6.45) is 5.95. The lowest BCUT2D eigenvalue weighted by molar-refractivity contribution is -0.141. The maximum Gasteiger partial charge on any atom is 0.243 e. The first-order valence-corrected chi connectivity index (χ1v) is 14.5. The number of nitrogens with one attached hydrogen (secondary N) is 1. The largest absolute Gasteiger partial charge is 0.352 e. The van der Waals surface area contributed by atoms with Gasteiger partial charge in [-0.2, -0.15) is 0 Å². The highest BCUT2D eigenvalue weighted by molar-refractivity contribution is 7.99. The van der Waals surface area contributed by atoms with Gasteiger partial charge in [0.05, 0.1) is 0 Å². The van der Waals surface area contributed by atoms with E-state index in [-0.39, 0.29) is 17.9 Å². The van der Waals surface area contributed by atoms with E-state index in [1.807, 2.05) is 84.9 Å². The molecule has 1 fully saturated rings. The Labute approximate surface area is 229 Å². The van der Waals surface area contributed by atoms with Gasteiger partial charge in [0.15, 0.2) is 0 Å². The molecule has 0 aliphatic heterocycles. The molecular weight excluding hydrogens is 500 g/mol. The third-order valence-corrected chi connectivity index (χ3v) is 8.14. The van der Waals surface area contributed by atoms with Gasteiger partial charge in [0.1, 0.15) is 6.04 Å². The van der Waals surface area contributed by atoms with Gasteiger partial charge in [-0.1, -0.05) is 85.1 Å². The van der Waals surface area contributed by atoms with Gasteiger partial charge < -0.3 is 10.2 Å². The van der Waals surface area contributed by atoms with Crippen LogP contribution in [0.4, 0.5) is 0 Å². The summed E-state index contributed by atoms with van der Waals surface area (Å²) in [5.74, 6) is 0.795. The number of nitrogens with zero attached hydrogens (tertiary/aromatic N) is 1. The fraction of sp³-hybridized carbons (Fsp3) is 0.355. The molecule has 194 valence electrons. The van der Waals surface area contributed by atoms with Gasteiger partial charge in [0.2, 0.25) is 11.8 Å². The zero-order valence-electron chi connectivity index (χ0n) is 21.2. The number of amides is 2. The van der Waals surface area contributed by atoms with E-state index in [1.54, 1.807) is 16.7 Å². The lowest BCUT2D eigenvalue weighted by Gasteiger charge is -2.32. The van der Waals surface area contributed by atoms with Crippen LogP contribution in [0, 0.1) is 0 Å². The van der Waals surface area contributed by atoms with Crippen molar-refractivity contribution in [1.29, 1.82) is 0 Å². The van der Waals surface area contributed by atoms with Crippen LogP contribution in [0.1, 0.15) is 49.7 Å². The van der Waals surface area contributed by atoms with Gasteiger partial charge in [0, 0.05) is 35.3 Å². The number of benzene rings is 3. The minimum Gasteiger partial charge on any atom is -0.352 e. The molecule has 4 nitrogen and oxygen atoms in total. The van der Waals surface area contributed by atoms with Crippen LogP contribution in [0.2, 0.25) is 5.02 Å². The van der Waals surface area contributed by atoms with Crippen molar-refractivity contribution in [1.82, 2.24) is 10.2 Å². The monoisotopic (exact) mass is 534 g/mol. The van der Waals surface area contributed by atoms with Gasteiger partial charge in [-0.05, 0) is 60.4 Å². The first-order valence-electron chi connectivity index (χ1n) is 13.1. The first kappa shape index (κ1) is 27.3. The van der Waals surface area contributed by atoms with Gasteiger partial charge in [-0.3, -0.25) is 9.59 Å². The second kappa shape index (κ2) is 14.3. The van der Waals surface area contributed by atoms with E-state index < -0.39 is 6.04 Å². The minimum atomic E-state index is -0.556. The molecule has 0 radical (unpaired) electrons. The molecule has 0 aromatic heterocycles. The molecule has 0 unspecified atom stereocenters. The normalized spacial score (nSPS) is 14.3. The first-order chi connectivity index (χ1) is 18.1. The summed E-state index contributed by atoms with van der Waals surface area (Å²) < 4.78 is 0. The lowest BCUT2D eigenvalue weighted by Crippen LogP contribution is -2.52. The number of hydrogen-bond acceptors (Lipinski definition) is 3. The molecule has 0 heterocycles. The molecule has 0 spiro atoms. The second-order valence-corrected chi connectivity index (χ2v) is 11.2. The summed E-state index contributed by atoms with van der Waals surface area (Å²) in [6, 6.07) is 27.4. The Morgan fingerprint density at radius 1 is 0.892 bits per heavy atom. The highest BCUT2D eigenvalue weighted by Gasteiger charge is 2.31. The molecule has 0 saturated heterocycles. The van der Waals surface area contributed by atoms with Crippen LogP contribution < -0.4 is 5.32 Å². The number of halogens is 1. The molecule has 1 atom stereocenters. The van der Waals surface area contributed by atoms with E-state index in [0.717, 1.165) is 58.9 Å². The van der Waals surface area contributed by atoms with Crippen LogP contribution in [0.3, 0.4) is 0 Å². The van der Waals surface area contributed by atoms with Crippen molar-refractivity contribution in [2.75, 3.05) is 5.75 Å². The molecule has 1 aliphatic rings. The molecule has 0 bridgehead atoms. The Balaban J connectivity index is 1.49. The molecule has 37 heavy (non-hydrogen) atoms. The maximum atomic E-state index is 13.7. The maximum absolute atomic E-state index is 13.7. The average Bonchev–Trinajstić information content (AvgIpc) is 3.43. The molecule has 2 amide bonds. The number of thioether (sulfide) groups is 1.